The van der Waals surface area contributed by atoms with Gasteiger partial charge in [0.25, 0.3) is 6.43 Å². The second-order valence-corrected chi connectivity index (χ2v) is 4.15. The zero-order chi connectivity index (χ0) is 10.1. The molecule has 0 aromatic heterocycles. The molecule has 80 valence electrons. The van der Waals surface area contributed by atoms with Crippen LogP contribution < -0.4 is 5.32 Å². The molecule has 4 heteroatoms. The summed E-state index contributed by atoms with van der Waals surface area (Å²) in [5, 5.41) is 11.9. The largest absolute Gasteiger partial charge is 0.386 e. The Labute approximate surface area is 82.0 Å². The standard InChI is InChI=1S/C10H15F2NO/c11-10(12)9(14)5-13-8-4-6-2-1-3-7(6)8/h1,3,6-10,13-14H,2,4-5H2. The summed E-state index contributed by atoms with van der Waals surface area (Å²) in [5.41, 5.74) is 0. The molecule has 2 N–H and O–H groups in total. The van der Waals surface area contributed by atoms with Crippen LogP contribution in [-0.2, 0) is 0 Å². The molecule has 14 heavy (non-hydrogen) atoms. The average molecular weight is 203 g/mol. The summed E-state index contributed by atoms with van der Waals surface area (Å²) >= 11 is 0. The lowest BCUT2D eigenvalue weighted by Gasteiger charge is -2.41. The fraction of sp³-hybridized carbons (Fsp3) is 0.800. The van der Waals surface area contributed by atoms with Crippen LogP contribution in [0.4, 0.5) is 8.78 Å². The van der Waals surface area contributed by atoms with E-state index < -0.39 is 12.5 Å². The molecule has 0 aromatic carbocycles. The Morgan fingerprint density at radius 2 is 2.29 bits per heavy atom. The molecule has 0 amide bonds. The minimum atomic E-state index is -2.64. The minimum absolute atomic E-state index is 0.000602. The molecule has 2 rings (SSSR count). The summed E-state index contributed by atoms with van der Waals surface area (Å²) in [4.78, 5) is 0. The molecule has 0 heterocycles. The number of fused-ring (bicyclic) bond motifs is 1. The van der Waals surface area contributed by atoms with Gasteiger partial charge < -0.3 is 10.4 Å². The molecule has 1 saturated carbocycles. The van der Waals surface area contributed by atoms with Gasteiger partial charge in [-0.15, -0.1) is 0 Å². The molecule has 2 nitrogen and oxygen atoms in total. The number of aliphatic hydroxyl groups is 1. The Morgan fingerprint density at radius 3 is 2.93 bits per heavy atom. The smallest absolute Gasteiger partial charge is 0.265 e. The Hall–Kier alpha value is -0.480. The highest BCUT2D eigenvalue weighted by molar-refractivity contribution is 5.12. The van der Waals surface area contributed by atoms with E-state index in [0.717, 1.165) is 18.8 Å². The van der Waals surface area contributed by atoms with Crippen LogP contribution >= 0.6 is 0 Å². The lowest BCUT2D eigenvalue weighted by molar-refractivity contribution is -0.00903. The van der Waals surface area contributed by atoms with Gasteiger partial charge in [0.15, 0.2) is 0 Å². The van der Waals surface area contributed by atoms with Crippen LogP contribution in [0.15, 0.2) is 12.2 Å². The van der Waals surface area contributed by atoms with Gasteiger partial charge in [-0.1, -0.05) is 12.2 Å². The zero-order valence-corrected chi connectivity index (χ0v) is 7.87. The molecule has 0 aliphatic heterocycles. The van der Waals surface area contributed by atoms with E-state index in [9.17, 15) is 8.78 Å². The zero-order valence-electron chi connectivity index (χ0n) is 7.87. The number of aliphatic hydroxyl groups excluding tert-OH is 1. The number of hydrogen-bond donors (Lipinski definition) is 2. The van der Waals surface area contributed by atoms with Crippen LogP contribution in [0.5, 0.6) is 0 Å². The molecular formula is C10H15F2NO. The van der Waals surface area contributed by atoms with Crippen LogP contribution in [0.3, 0.4) is 0 Å². The topological polar surface area (TPSA) is 32.3 Å². The maximum Gasteiger partial charge on any atom is 0.265 e. The van der Waals surface area contributed by atoms with E-state index in [-0.39, 0.29) is 6.54 Å². The molecule has 2 aliphatic rings. The van der Waals surface area contributed by atoms with Crippen LogP contribution in [0, 0.1) is 11.8 Å². The second-order valence-electron chi connectivity index (χ2n) is 4.15. The summed E-state index contributed by atoms with van der Waals surface area (Å²) in [7, 11) is 0. The Morgan fingerprint density at radius 1 is 1.50 bits per heavy atom. The second kappa shape index (κ2) is 3.95. The first kappa shape index (κ1) is 10.1. The lowest BCUT2D eigenvalue weighted by atomic mass is 9.71. The molecule has 0 saturated heterocycles. The van der Waals surface area contributed by atoms with Gasteiger partial charge in [0.05, 0.1) is 0 Å². The Kier molecular flexibility index (Phi) is 2.83. The van der Waals surface area contributed by atoms with E-state index in [1.807, 2.05) is 0 Å². The van der Waals surface area contributed by atoms with Crippen molar-refractivity contribution in [2.45, 2.75) is 31.4 Å². The van der Waals surface area contributed by atoms with Crippen LogP contribution in [0.2, 0.25) is 0 Å². The third-order valence-corrected chi connectivity index (χ3v) is 3.24. The molecule has 0 aromatic rings. The number of nitrogens with one attached hydrogen (secondary N) is 1. The third kappa shape index (κ3) is 1.81. The normalized spacial score (nSPS) is 37.0. The maximum atomic E-state index is 12.0. The van der Waals surface area contributed by atoms with Crippen molar-refractivity contribution in [3.05, 3.63) is 12.2 Å². The van der Waals surface area contributed by atoms with Gasteiger partial charge in [-0.05, 0) is 24.7 Å². The van der Waals surface area contributed by atoms with Crippen LogP contribution in [0.1, 0.15) is 12.8 Å². The third-order valence-electron chi connectivity index (χ3n) is 3.24. The maximum absolute atomic E-state index is 12.0. The first-order valence-corrected chi connectivity index (χ1v) is 5.04. The van der Waals surface area contributed by atoms with Gasteiger partial charge >= 0.3 is 0 Å². The molecule has 0 spiro atoms. The molecule has 0 radical (unpaired) electrons. The molecule has 1 fully saturated rings. The van der Waals surface area contributed by atoms with E-state index in [1.54, 1.807) is 0 Å². The Bertz CT molecular complexity index is 232. The van der Waals surface area contributed by atoms with E-state index in [1.165, 1.54) is 0 Å². The predicted octanol–water partition coefficient (Wildman–Crippen LogP) is 1.17. The summed E-state index contributed by atoms with van der Waals surface area (Å²) < 4.78 is 23.9. The van der Waals surface area contributed by atoms with Crippen molar-refractivity contribution in [2.75, 3.05) is 6.54 Å². The number of hydrogen-bond acceptors (Lipinski definition) is 2. The summed E-state index contributed by atoms with van der Waals surface area (Å²) in [6, 6.07) is 0.298. The summed E-state index contributed by atoms with van der Waals surface area (Å²) in [5.74, 6) is 1.23. The Balaban J connectivity index is 1.70. The van der Waals surface area contributed by atoms with Crippen molar-refractivity contribution in [2.24, 2.45) is 11.8 Å². The van der Waals surface area contributed by atoms with Gasteiger partial charge in [-0.2, -0.15) is 0 Å². The van der Waals surface area contributed by atoms with Gasteiger partial charge in [0.2, 0.25) is 0 Å². The number of halogens is 2. The number of rotatable bonds is 4. The molecule has 2 aliphatic carbocycles. The van der Waals surface area contributed by atoms with Crippen molar-refractivity contribution in [3.63, 3.8) is 0 Å². The fourth-order valence-corrected chi connectivity index (χ4v) is 2.31. The van der Waals surface area contributed by atoms with E-state index in [4.69, 9.17) is 5.11 Å². The van der Waals surface area contributed by atoms with Crippen molar-refractivity contribution in [1.29, 1.82) is 0 Å². The van der Waals surface area contributed by atoms with E-state index >= 15 is 0 Å². The van der Waals surface area contributed by atoms with E-state index in [2.05, 4.69) is 17.5 Å². The molecule has 0 bridgehead atoms. The quantitative estimate of drug-likeness (QED) is 0.672. The van der Waals surface area contributed by atoms with Crippen molar-refractivity contribution >= 4 is 0 Å². The monoisotopic (exact) mass is 203 g/mol. The first-order valence-electron chi connectivity index (χ1n) is 5.04. The highest BCUT2D eigenvalue weighted by Crippen LogP contribution is 2.42. The molecule has 4 unspecified atom stereocenters. The molecular weight excluding hydrogens is 188 g/mol. The first-order chi connectivity index (χ1) is 6.68. The fourth-order valence-electron chi connectivity index (χ4n) is 2.31. The SMILES string of the molecule is OC(CNC1CC2CC=CC21)C(F)F. The van der Waals surface area contributed by atoms with Gasteiger partial charge in [-0.3, -0.25) is 0 Å². The average Bonchev–Trinajstić information content (AvgIpc) is 2.47. The summed E-state index contributed by atoms with van der Waals surface area (Å²) in [6.45, 7) is -0.000602. The van der Waals surface area contributed by atoms with Crippen LogP contribution in [-0.4, -0.2) is 30.2 Å². The highest BCUT2D eigenvalue weighted by atomic mass is 19.3. The highest BCUT2D eigenvalue weighted by Gasteiger charge is 2.40. The predicted molar refractivity (Wildman–Crippen MR) is 49.2 cm³/mol. The van der Waals surface area contributed by atoms with Gasteiger partial charge in [0.1, 0.15) is 6.10 Å². The van der Waals surface area contributed by atoms with Crippen molar-refractivity contribution < 1.29 is 13.9 Å². The van der Waals surface area contributed by atoms with Gasteiger partial charge in [0, 0.05) is 12.6 Å². The van der Waals surface area contributed by atoms with Crippen molar-refractivity contribution in [1.82, 2.24) is 5.32 Å². The van der Waals surface area contributed by atoms with Gasteiger partial charge in [-0.25, -0.2) is 8.78 Å². The lowest BCUT2D eigenvalue weighted by Crippen LogP contribution is -2.50. The number of allylic oxidation sites excluding steroid dienone is 1. The van der Waals surface area contributed by atoms with Crippen LogP contribution in [0.25, 0.3) is 0 Å². The summed E-state index contributed by atoms with van der Waals surface area (Å²) in [6.07, 6.45) is 2.31. The van der Waals surface area contributed by atoms with Crippen molar-refractivity contribution in [3.8, 4) is 0 Å². The van der Waals surface area contributed by atoms with E-state index in [0.29, 0.717) is 12.0 Å². The molecule has 4 atom stereocenters. The number of alkyl halides is 2. The minimum Gasteiger partial charge on any atom is -0.386 e.